The second kappa shape index (κ2) is 8.58. The van der Waals surface area contributed by atoms with Gasteiger partial charge in [-0.1, -0.05) is 51.8 Å². The van der Waals surface area contributed by atoms with E-state index in [2.05, 4.69) is 15.9 Å². The molecule has 1 N–H and O–H groups in total. The molecular weight excluding hydrogens is 528 g/mol. The molecule has 0 saturated heterocycles. The van der Waals surface area contributed by atoms with E-state index in [0.29, 0.717) is 5.65 Å². The molecule has 3 aromatic heterocycles. The first-order valence-electron chi connectivity index (χ1n) is 10.8. The van der Waals surface area contributed by atoms with Crippen molar-refractivity contribution in [2.45, 2.75) is 30.2 Å². The summed E-state index contributed by atoms with van der Waals surface area (Å²) in [6.45, 7) is 4.02. The Balaban J connectivity index is 1.88. The summed E-state index contributed by atoms with van der Waals surface area (Å²) in [7, 11) is -4.08. The molecule has 0 aliphatic rings. The fourth-order valence-electron chi connectivity index (χ4n) is 4.05. The molecule has 0 bridgehead atoms. The Bertz CT molecular complexity index is 1840. The Kier molecular flexibility index (Phi) is 5.69. The number of rotatable bonds is 4. The SMILES string of the molecule is Cc1ccc(Cn2c(=N)c(S(=O)(=O)c3ccc(Br)cc3)cc3c(=O)n4cccc(C)c4nc32)cc1. The molecule has 35 heavy (non-hydrogen) atoms. The second-order valence-corrected chi connectivity index (χ2v) is 11.3. The van der Waals surface area contributed by atoms with Gasteiger partial charge in [-0.25, -0.2) is 13.4 Å². The Morgan fingerprint density at radius 1 is 0.971 bits per heavy atom. The van der Waals surface area contributed by atoms with E-state index in [-0.39, 0.29) is 32.9 Å². The van der Waals surface area contributed by atoms with Gasteiger partial charge in [0.05, 0.1) is 16.8 Å². The maximum Gasteiger partial charge on any atom is 0.267 e. The number of aryl methyl sites for hydroxylation is 2. The predicted molar refractivity (Wildman–Crippen MR) is 137 cm³/mol. The molecule has 3 heterocycles. The first-order valence-corrected chi connectivity index (χ1v) is 13.1. The van der Waals surface area contributed by atoms with E-state index in [0.717, 1.165) is 21.2 Å². The van der Waals surface area contributed by atoms with E-state index >= 15 is 0 Å². The summed E-state index contributed by atoms with van der Waals surface area (Å²) in [5, 5.41) is 9.06. The van der Waals surface area contributed by atoms with Gasteiger partial charge in [-0.3, -0.25) is 14.6 Å². The lowest BCUT2D eigenvalue weighted by Crippen LogP contribution is -2.30. The average Bonchev–Trinajstić information content (AvgIpc) is 2.83. The molecule has 0 saturated carbocycles. The highest BCUT2D eigenvalue weighted by atomic mass is 79.9. The predicted octanol–water partition coefficient (Wildman–Crippen LogP) is 4.39. The third-order valence-electron chi connectivity index (χ3n) is 5.97. The van der Waals surface area contributed by atoms with Crippen molar-refractivity contribution in [1.82, 2.24) is 14.0 Å². The molecule has 0 atom stereocenters. The number of nitrogens with zero attached hydrogens (tertiary/aromatic N) is 3. The van der Waals surface area contributed by atoms with Crippen LogP contribution in [0.4, 0.5) is 0 Å². The fourth-order valence-corrected chi connectivity index (χ4v) is 5.70. The van der Waals surface area contributed by atoms with E-state index < -0.39 is 15.4 Å². The van der Waals surface area contributed by atoms with Gasteiger partial charge in [0, 0.05) is 10.7 Å². The molecule has 0 aliphatic heterocycles. The highest BCUT2D eigenvalue weighted by Crippen LogP contribution is 2.23. The van der Waals surface area contributed by atoms with Crippen LogP contribution < -0.4 is 11.0 Å². The largest absolute Gasteiger partial charge is 0.305 e. The van der Waals surface area contributed by atoms with Crippen LogP contribution in [-0.2, 0) is 16.4 Å². The Hall–Kier alpha value is -3.56. The molecule has 7 nitrogen and oxygen atoms in total. The number of hydrogen-bond donors (Lipinski definition) is 1. The van der Waals surface area contributed by atoms with Gasteiger partial charge in [-0.15, -0.1) is 0 Å². The molecule has 0 radical (unpaired) electrons. The molecule has 0 amide bonds. The van der Waals surface area contributed by atoms with E-state index in [1.807, 2.05) is 44.2 Å². The Morgan fingerprint density at radius 2 is 1.66 bits per heavy atom. The molecule has 2 aromatic carbocycles. The highest BCUT2D eigenvalue weighted by molar-refractivity contribution is 9.10. The van der Waals surface area contributed by atoms with Gasteiger partial charge in [-0.05, 0) is 61.4 Å². The smallest absolute Gasteiger partial charge is 0.267 e. The molecule has 0 fully saturated rings. The van der Waals surface area contributed by atoms with Crippen molar-refractivity contribution in [3.8, 4) is 0 Å². The zero-order chi connectivity index (χ0) is 24.9. The minimum Gasteiger partial charge on any atom is -0.305 e. The summed E-state index contributed by atoms with van der Waals surface area (Å²) >= 11 is 3.32. The summed E-state index contributed by atoms with van der Waals surface area (Å²) in [5.41, 5.74) is 2.85. The fraction of sp³-hybridized carbons (Fsp3) is 0.115. The van der Waals surface area contributed by atoms with Crippen LogP contribution in [0.1, 0.15) is 16.7 Å². The topological polar surface area (TPSA) is 97.3 Å². The zero-order valence-electron chi connectivity index (χ0n) is 19.0. The summed E-state index contributed by atoms with van der Waals surface area (Å²) < 4.78 is 30.9. The maximum atomic E-state index is 13.6. The highest BCUT2D eigenvalue weighted by Gasteiger charge is 2.24. The van der Waals surface area contributed by atoms with E-state index in [1.54, 1.807) is 24.4 Å². The van der Waals surface area contributed by atoms with Gasteiger partial charge in [0.2, 0.25) is 9.84 Å². The minimum atomic E-state index is -4.08. The van der Waals surface area contributed by atoms with Crippen molar-refractivity contribution in [2.24, 2.45) is 0 Å². The molecule has 0 aliphatic carbocycles. The van der Waals surface area contributed by atoms with Crippen molar-refractivity contribution < 1.29 is 8.42 Å². The first-order chi connectivity index (χ1) is 16.7. The van der Waals surface area contributed by atoms with Crippen molar-refractivity contribution in [3.63, 3.8) is 0 Å². The van der Waals surface area contributed by atoms with Gasteiger partial charge in [0.1, 0.15) is 21.7 Å². The number of nitrogens with one attached hydrogen (secondary N) is 1. The quantitative estimate of drug-likeness (QED) is 0.337. The van der Waals surface area contributed by atoms with Crippen LogP contribution in [0.15, 0.2) is 92.0 Å². The first kappa shape index (κ1) is 23.2. The molecule has 9 heteroatoms. The summed E-state index contributed by atoms with van der Waals surface area (Å²) in [6.07, 6.45) is 1.61. The molecule has 176 valence electrons. The lowest BCUT2D eigenvalue weighted by atomic mass is 10.1. The van der Waals surface area contributed by atoms with Gasteiger partial charge >= 0.3 is 0 Å². The van der Waals surface area contributed by atoms with Gasteiger partial charge in [-0.2, -0.15) is 0 Å². The van der Waals surface area contributed by atoms with Gasteiger partial charge < -0.3 is 4.57 Å². The lowest BCUT2D eigenvalue weighted by molar-refractivity contribution is 0.591. The summed E-state index contributed by atoms with van der Waals surface area (Å²) in [5.74, 6) is 0. The van der Waals surface area contributed by atoms with Crippen LogP contribution in [0, 0.1) is 19.3 Å². The normalized spacial score (nSPS) is 11.9. The second-order valence-electron chi connectivity index (χ2n) is 8.43. The molecule has 5 aromatic rings. The number of pyridine rings is 2. The van der Waals surface area contributed by atoms with Crippen LogP contribution >= 0.6 is 15.9 Å². The number of hydrogen-bond acceptors (Lipinski definition) is 5. The minimum absolute atomic E-state index is 0.0418. The number of aromatic nitrogens is 3. The maximum absolute atomic E-state index is 13.6. The molecule has 5 rings (SSSR count). The van der Waals surface area contributed by atoms with Crippen LogP contribution in [0.3, 0.4) is 0 Å². The van der Waals surface area contributed by atoms with Crippen LogP contribution in [0.25, 0.3) is 16.7 Å². The van der Waals surface area contributed by atoms with Crippen molar-refractivity contribution in [3.05, 3.63) is 110 Å². The third kappa shape index (κ3) is 4.00. The van der Waals surface area contributed by atoms with Crippen molar-refractivity contribution >= 4 is 42.4 Å². The monoisotopic (exact) mass is 548 g/mol. The third-order valence-corrected chi connectivity index (χ3v) is 8.28. The number of benzene rings is 2. The molecular formula is C26H21BrN4O3S. The van der Waals surface area contributed by atoms with E-state index in [1.165, 1.54) is 27.2 Å². The van der Waals surface area contributed by atoms with Crippen LogP contribution in [0.5, 0.6) is 0 Å². The lowest BCUT2D eigenvalue weighted by Gasteiger charge is -2.16. The van der Waals surface area contributed by atoms with Crippen molar-refractivity contribution in [2.75, 3.05) is 0 Å². The number of halogens is 1. The van der Waals surface area contributed by atoms with E-state index in [9.17, 15) is 13.2 Å². The molecule has 0 unspecified atom stereocenters. The van der Waals surface area contributed by atoms with E-state index in [4.69, 9.17) is 10.4 Å². The Labute approximate surface area is 209 Å². The van der Waals surface area contributed by atoms with Gasteiger partial charge in [0.15, 0.2) is 0 Å². The van der Waals surface area contributed by atoms with Gasteiger partial charge in [0.25, 0.3) is 5.56 Å². The zero-order valence-corrected chi connectivity index (χ0v) is 21.4. The van der Waals surface area contributed by atoms with Crippen LogP contribution in [-0.4, -0.2) is 22.4 Å². The Morgan fingerprint density at radius 3 is 2.34 bits per heavy atom. The van der Waals surface area contributed by atoms with Crippen LogP contribution in [0.2, 0.25) is 0 Å². The number of sulfone groups is 1. The standard InChI is InChI=1S/C26H21BrN4O3S/c1-16-5-7-18(8-6-16)15-31-23(28)22(35(33,34)20-11-9-19(27)10-12-20)14-21-25(31)29-24-17(2)4-3-13-30(24)26(21)32/h3-14,28H,15H2,1-2H3. The summed E-state index contributed by atoms with van der Waals surface area (Å²) in [6, 6.07) is 18.8. The summed E-state index contributed by atoms with van der Waals surface area (Å²) in [4.78, 5) is 18.0. The number of fused-ring (bicyclic) bond motifs is 2. The average molecular weight is 549 g/mol. The molecule has 0 spiro atoms. The van der Waals surface area contributed by atoms with Crippen molar-refractivity contribution in [1.29, 1.82) is 5.41 Å².